The zero-order valence-corrected chi connectivity index (χ0v) is 34.2. The van der Waals surface area contributed by atoms with Crippen molar-refractivity contribution in [1.82, 2.24) is 4.90 Å². The fourth-order valence-corrected chi connectivity index (χ4v) is 11.9. The van der Waals surface area contributed by atoms with Gasteiger partial charge < -0.3 is 36.3 Å². The first-order valence-electron chi connectivity index (χ1n) is 22.1. The summed E-state index contributed by atoms with van der Waals surface area (Å²) in [6, 6.07) is 0. The van der Waals surface area contributed by atoms with Gasteiger partial charge in [-0.15, -0.1) is 0 Å². The molecule has 0 aromatic heterocycles. The van der Waals surface area contributed by atoms with Crippen LogP contribution in [0.25, 0.3) is 0 Å². The zero-order chi connectivity index (χ0) is 37.6. The van der Waals surface area contributed by atoms with Gasteiger partial charge in [0.15, 0.2) is 0 Å². The molecule has 11 atom stereocenters. The van der Waals surface area contributed by atoms with E-state index in [0.717, 1.165) is 97.1 Å². The maximum atomic E-state index is 12.8. The Morgan fingerprint density at radius 3 is 2.15 bits per heavy atom. The molecule has 4 rings (SSSR count). The Morgan fingerprint density at radius 1 is 0.808 bits per heavy atom. The normalized spacial score (nSPS) is 34.7. The van der Waals surface area contributed by atoms with E-state index in [9.17, 15) is 4.79 Å². The molecule has 0 aromatic carbocycles. The number of hydrogen-bond acceptors (Lipinski definition) is 7. The maximum Gasteiger partial charge on any atom is 0.245 e. The number of rotatable bonds is 25. The van der Waals surface area contributed by atoms with Crippen LogP contribution in [-0.2, 0) is 19.0 Å². The predicted octanol–water partition coefficient (Wildman–Crippen LogP) is 7.86. The zero-order valence-electron chi connectivity index (χ0n) is 34.2. The molecule has 8 nitrogen and oxygen atoms in total. The Kier molecular flexibility index (Phi) is 18.4. The second-order valence-electron chi connectivity index (χ2n) is 17.9. The van der Waals surface area contributed by atoms with Crippen LogP contribution in [0.15, 0.2) is 12.7 Å². The average molecular weight is 731 g/mol. The van der Waals surface area contributed by atoms with Gasteiger partial charge in [0.25, 0.3) is 0 Å². The van der Waals surface area contributed by atoms with Crippen molar-refractivity contribution >= 4 is 5.91 Å². The number of hydrogen-bond donors (Lipinski definition) is 3. The van der Waals surface area contributed by atoms with Crippen molar-refractivity contribution in [1.29, 1.82) is 0 Å². The van der Waals surface area contributed by atoms with Gasteiger partial charge in [-0.1, -0.05) is 66.4 Å². The van der Waals surface area contributed by atoms with Crippen LogP contribution in [0.1, 0.15) is 143 Å². The van der Waals surface area contributed by atoms with Crippen molar-refractivity contribution < 1.29 is 19.0 Å². The lowest BCUT2D eigenvalue weighted by Gasteiger charge is -2.65. The van der Waals surface area contributed by atoms with Gasteiger partial charge in [-0.25, -0.2) is 0 Å². The highest BCUT2D eigenvalue weighted by molar-refractivity contribution is 5.86. The van der Waals surface area contributed by atoms with E-state index in [2.05, 4.69) is 39.2 Å². The van der Waals surface area contributed by atoms with Gasteiger partial charge in [-0.2, -0.15) is 0 Å². The lowest BCUT2D eigenvalue weighted by Crippen LogP contribution is -2.63. The molecule has 4 aliphatic rings. The standard InChI is InChI=1S/C44H82N4O4/c1-6-8-9-10-11-12-25-48(41(49)7-2)26-13-17-33(3)36-18-19-37-42-38(32-40(44(36,37)5)52-29-16-24-47)43(4)21-20-35(50-27-14-22-45)30-34(43)31-39(42)51-28-15-23-46/h7,33-40,42H,2,6,8-32,45-47H2,1,3-5H3/t33-,34?,35-,36?,37?,38+,39-,40+,42?,43?,44?/m1/s1. The molecule has 0 heterocycles. The van der Waals surface area contributed by atoms with Gasteiger partial charge in [-0.3, -0.25) is 4.79 Å². The number of nitrogens with two attached hydrogens (primary N) is 3. The van der Waals surface area contributed by atoms with Crippen LogP contribution in [0.4, 0.5) is 0 Å². The summed E-state index contributed by atoms with van der Waals surface area (Å²) in [6.45, 7) is 19.8. The van der Waals surface area contributed by atoms with Crippen molar-refractivity contribution in [2.45, 2.75) is 162 Å². The minimum Gasteiger partial charge on any atom is -0.378 e. The highest BCUT2D eigenvalue weighted by atomic mass is 16.5. The molecule has 1 amide bonds. The third kappa shape index (κ3) is 10.6. The molecule has 302 valence electrons. The average Bonchev–Trinajstić information content (AvgIpc) is 3.50. The van der Waals surface area contributed by atoms with Gasteiger partial charge in [-0.05, 0) is 150 Å². The SMILES string of the molecule is C=CC(=O)N(CCCCCCCC)CCC[C@@H](C)C1CCC2C3[C@H](OCCCN)CC4C[C@H](OCCCN)CCC4(C)[C@H]3C[C@H](OCCCN)C21C. The van der Waals surface area contributed by atoms with Crippen LogP contribution in [0.2, 0.25) is 0 Å². The summed E-state index contributed by atoms with van der Waals surface area (Å²) in [5.41, 5.74) is 18.2. The summed E-state index contributed by atoms with van der Waals surface area (Å²) in [4.78, 5) is 14.9. The van der Waals surface area contributed by atoms with Crippen molar-refractivity contribution in [2.75, 3.05) is 52.5 Å². The summed E-state index contributed by atoms with van der Waals surface area (Å²) < 4.78 is 20.4. The first-order chi connectivity index (χ1) is 25.2. The Labute approximate surface area is 319 Å². The highest BCUT2D eigenvalue weighted by Crippen LogP contribution is 2.69. The van der Waals surface area contributed by atoms with Crippen LogP contribution < -0.4 is 17.2 Å². The quantitative estimate of drug-likeness (QED) is 0.0645. The molecule has 4 fully saturated rings. The number of unbranched alkanes of at least 4 members (excludes halogenated alkanes) is 5. The largest absolute Gasteiger partial charge is 0.378 e. The molecule has 0 saturated heterocycles. The number of nitrogens with zero attached hydrogens (tertiary/aromatic N) is 1. The lowest BCUT2D eigenvalue weighted by molar-refractivity contribution is -0.227. The van der Waals surface area contributed by atoms with Crippen LogP contribution >= 0.6 is 0 Å². The molecule has 0 spiro atoms. The maximum absolute atomic E-state index is 12.8. The summed E-state index contributed by atoms with van der Waals surface area (Å²) >= 11 is 0. The van der Waals surface area contributed by atoms with E-state index in [1.54, 1.807) is 0 Å². The number of ether oxygens (including phenoxy) is 3. The third-order valence-corrected chi connectivity index (χ3v) is 14.8. The first-order valence-corrected chi connectivity index (χ1v) is 22.1. The Hall–Kier alpha value is -1.03. The van der Waals surface area contributed by atoms with E-state index in [-0.39, 0.29) is 28.9 Å². The van der Waals surface area contributed by atoms with E-state index in [1.807, 2.05) is 0 Å². The Balaban J connectivity index is 1.51. The van der Waals surface area contributed by atoms with Gasteiger partial charge in [0.2, 0.25) is 5.91 Å². The van der Waals surface area contributed by atoms with E-state index in [1.165, 1.54) is 57.4 Å². The summed E-state index contributed by atoms with van der Waals surface area (Å²) in [6.07, 6.45) is 22.9. The molecule has 52 heavy (non-hydrogen) atoms. The highest BCUT2D eigenvalue weighted by Gasteiger charge is 2.66. The molecule has 4 saturated carbocycles. The van der Waals surface area contributed by atoms with Crippen molar-refractivity contribution in [3.8, 4) is 0 Å². The molecule has 0 aliphatic heterocycles. The molecule has 8 heteroatoms. The van der Waals surface area contributed by atoms with Crippen LogP contribution in [0.3, 0.4) is 0 Å². The smallest absolute Gasteiger partial charge is 0.245 e. The number of fused-ring (bicyclic) bond motifs is 5. The van der Waals surface area contributed by atoms with E-state index >= 15 is 0 Å². The lowest BCUT2D eigenvalue weighted by atomic mass is 9.43. The number of carbonyl (C=O) groups excluding carboxylic acids is 1. The first kappa shape index (κ1) is 43.7. The fourth-order valence-electron chi connectivity index (χ4n) is 11.9. The minimum atomic E-state index is 0.0849. The summed E-state index contributed by atoms with van der Waals surface area (Å²) in [5.74, 6) is 3.53. The minimum absolute atomic E-state index is 0.0849. The summed E-state index contributed by atoms with van der Waals surface area (Å²) in [7, 11) is 0. The topological polar surface area (TPSA) is 126 Å². The van der Waals surface area contributed by atoms with Gasteiger partial charge in [0.1, 0.15) is 0 Å². The van der Waals surface area contributed by atoms with Crippen LogP contribution in [0.5, 0.6) is 0 Å². The van der Waals surface area contributed by atoms with E-state index < -0.39 is 0 Å². The number of carbonyl (C=O) groups is 1. The summed E-state index contributed by atoms with van der Waals surface area (Å²) in [5, 5.41) is 0. The van der Waals surface area contributed by atoms with Crippen LogP contribution in [-0.4, -0.2) is 81.7 Å². The van der Waals surface area contributed by atoms with Crippen molar-refractivity contribution in [3.63, 3.8) is 0 Å². The van der Waals surface area contributed by atoms with Gasteiger partial charge >= 0.3 is 0 Å². The molecule has 0 aromatic rings. The molecule has 0 radical (unpaired) electrons. The Morgan fingerprint density at radius 2 is 1.46 bits per heavy atom. The van der Waals surface area contributed by atoms with Gasteiger partial charge in [0.05, 0.1) is 18.3 Å². The van der Waals surface area contributed by atoms with Crippen molar-refractivity contribution in [3.05, 3.63) is 12.7 Å². The molecule has 6 unspecified atom stereocenters. The third-order valence-electron chi connectivity index (χ3n) is 14.8. The van der Waals surface area contributed by atoms with Gasteiger partial charge in [0, 0.05) is 38.3 Å². The second kappa shape index (κ2) is 21.9. The van der Waals surface area contributed by atoms with E-state index in [0.29, 0.717) is 61.2 Å². The van der Waals surface area contributed by atoms with Crippen LogP contribution in [0, 0.1) is 46.3 Å². The molecule has 0 bridgehead atoms. The molecule has 4 aliphatic carbocycles. The monoisotopic (exact) mass is 731 g/mol. The predicted molar refractivity (Wildman–Crippen MR) is 215 cm³/mol. The Bertz CT molecular complexity index is 1050. The van der Waals surface area contributed by atoms with Crippen molar-refractivity contribution in [2.24, 2.45) is 63.5 Å². The second-order valence-corrected chi connectivity index (χ2v) is 17.9. The molecule has 6 N–H and O–H groups in total. The fraction of sp³-hybridized carbons (Fsp3) is 0.932. The molecular formula is C44H82N4O4. The van der Waals surface area contributed by atoms with E-state index in [4.69, 9.17) is 31.4 Å². The molecular weight excluding hydrogens is 649 g/mol. The number of amides is 1.